The van der Waals surface area contributed by atoms with Crippen molar-refractivity contribution in [3.05, 3.63) is 36.7 Å². The van der Waals surface area contributed by atoms with Crippen molar-refractivity contribution in [1.29, 1.82) is 0 Å². The fourth-order valence-electron chi connectivity index (χ4n) is 1.37. The summed E-state index contributed by atoms with van der Waals surface area (Å²) in [5.41, 5.74) is 3.06. The second-order valence-corrected chi connectivity index (χ2v) is 3.46. The molecule has 0 aliphatic carbocycles. The van der Waals surface area contributed by atoms with Gasteiger partial charge in [-0.15, -0.1) is 0 Å². The van der Waals surface area contributed by atoms with Gasteiger partial charge < -0.3 is 15.5 Å². The van der Waals surface area contributed by atoms with Crippen molar-refractivity contribution >= 4 is 17.3 Å². The molecule has 1 aromatic carbocycles. The highest BCUT2D eigenvalue weighted by atomic mass is 19.3. The van der Waals surface area contributed by atoms with Gasteiger partial charge in [0.25, 0.3) is 0 Å². The number of hydrazine groups is 1. The van der Waals surface area contributed by atoms with E-state index in [4.69, 9.17) is 5.84 Å². The van der Waals surface area contributed by atoms with Gasteiger partial charge >= 0.3 is 6.61 Å². The van der Waals surface area contributed by atoms with Crippen LogP contribution in [0.25, 0.3) is 0 Å². The van der Waals surface area contributed by atoms with Crippen LogP contribution < -0.4 is 21.3 Å². The number of hydrogen-bond acceptors (Lipinski definition) is 6. The van der Waals surface area contributed by atoms with Gasteiger partial charge in [0.15, 0.2) is 0 Å². The van der Waals surface area contributed by atoms with Crippen LogP contribution in [0.3, 0.4) is 0 Å². The van der Waals surface area contributed by atoms with E-state index in [1.165, 1.54) is 18.5 Å². The number of hydrogen-bond donors (Lipinski definition) is 3. The van der Waals surface area contributed by atoms with Gasteiger partial charge in [-0.25, -0.2) is 15.8 Å². The molecule has 1 heterocycles. The van der Waals surface area contributed by atoms with Gasteiger partial charge in [-0.3, -0.25) is 0 Å². The molecule has 0 aliphatic rings. The van der Waals surface area contributed by atoms with Crippen LogP contribution >= 0.6 is 0 Å². The van der Waals surface area contributed by atoms with Gasteiger partial charge in [0.1, 0.15) is 23.7 Å². The summed E-state index contributed by atoms with van der Waals surface area (Å²) in [5.74, 6) is 6.29. The molecule has 0 radical (unpaired) electrons. The molecule has 100 valence electrons. The minimum atomic E-state index is -2.83. The van der Waals surface area contributed by atoms with Gasteiger partial charge in [0.2, 0.25) is 0 Å². The average molecular weight is 267 g/mol. The maximum Gasteiger partial charge on any atom is 0.387 e. The Balaban J connectivity index is 2.06. The van der Waals surface area contributed by atoms with Crippen LogP contribution in [-0.4, -0.2) is 16.6 Å². The molecule has 0 saturated carbocycles. The van der Waals surface area contributed by atoms with Crippen molar-refractivity contribution in [2.75, 3.05) is 10.7 Å². The first kappa shape index (κ1) is 13.0. The van der Waals surface area contributed by atoms with Crippen molar-refractivity contribution < 1.29 is 13.5 Å². The van der Waals surface area contributed by atoms with E-state index in [1.807, 2.05) is 0 Å². The van der Waals surface area contributed by atoms with Crippen molar-refractivity contribution in [3.8, 4) is 5.75 Å². The molecular formula is C11H11F2N5O. The lowest BCUT2D eigenvalue weighted by Gasteiger charge is -2.08. The van der Waals surface area contributed by atoms with Crippen molar-refractivity contribution in [2.24, 2.45) is 5.84 Å². The first-order chi connectivity index (χ1) is 9.17. The monoisotopic (exact) mass is 267 g/mol. The third-order valence-corrected chi connectivity index (χ3v) is 2.17. The largest absolute Gasteiger partial charge is 0.435 e. The minimum Gasteiger partial charge on any atom is -0.435 e. The Labute approximate surface area is 107 Å². The van der Waals surface area contributed by atoms with E-state index in [1.54, 1.807) is 18.2 Å². The maximum absolute atomic E-state index is 12.0. The molecule has 2 rings (SSSR count). The summed E-state index contributed by atoms with van der Waals surface area (Å²) in [6.07, 6.45) is 1.34. The topological polar surface area (TPSA) is 85.1 Å². The molecule has 0 aliphatic heterocycles. The number of rotatable bonds is 5. The zero-order valence-electron chi connectivity index (χ0n) is 9.68. The molecule has 0 atom stereocenters. The third-order valence-electron chi connectivity index (χ3n) is 2.17. The number of nitrogens with one attached hydrogen (secondary N) is 2. The van der Waals surface area contributed by atoms with E-state index in [9.17, 15) is 8.78 Å². The Morgan fingerprint density at radius 1 is 1.11 bits per heavy atom. The molecule has 4 N–H and O–H groups in total. The van der Waals surface area contributed by atoms with E-state index < -0.39 is 6.61 Å². The van der Waals surface area contributed by atoms with Crippen LogP contribution in [0, 0.1) is 0 Å². The van der Waals surface area contributed by atoms with Crippen LogP contribution in [0.1, 0.15) is 0 Å². The van der Waals surface area contributed by atoms with Gasteiger partial charge in [0, 0.05) is 11.8 Å². The summed E-state index contributed by atoms with van der Waals surface area (Å²) in [5, 5.41) is 2.97. The highest BCUT2D eigenvalue weighted by molar-refractivity contribution is 5.59. The number of nitrogen functional groups attached to an aromatic ring is 1. The Morgan fingerprint density at radius 2 is 1.79 bits per heavy atom. The summed E-state index contributed by atoms with van der Waals surface area (Å²) < 4.78 is 28.2. The molecule has 0 saturated heterocycles. The quantitative estimate of drug-likeness (QED) is 0.568. The van der Waals surface area contributed by atoms with Crippen LogP contribution in [0.15, 0.2) is 36.7 Å². The molecule has 0 bridgehead atoms. The first-order valence-corrected chi connectivity index (χ1v) is 5.28. The fourth-order valence-corrected chi connectivity index (χ4v) is 1.37. The predicted molar refractivity (Wildman–Crippen MR) is 66.2 cm³/mol. The zero-order valence-corrected chi connectivity index (χ0v) is 9.68. The number of halogens is 2. The van der Waals surface area contributed by atoms with E-state index in [2.05, 4.69) is 25.4 Å². The average Bonchev–Trinajstić information content (AvgIpc) is 2.41. The van der Waals surface area contributed by atoms with Gasteiger partial charge in [-0.2, -0.15) is 8.78 Å². The van der Waals surface area contributed by atoms with Crippen molar-refractivity contribution in [2.45, 2.75) is 6.61 Å². The summed E-state index contributed by atoms with van der Waals surface area (Å²) in [6, 6.07) is 7.64. The Hall–Kier alpha value is -2.48. The second kappa shape index (κ2) is 5.91. The molecule has 0 spiro atoms. The SMILES string of the molecule is NNc1cc(Nc2ccc(OC(F)F)cc2)ncn1. The highest BCUT2D eigenvalue weighted by Gasteiger charge is 2.04. The summed E-state index contributed by atoms with van der Waals surface area (Å²) in [4.78, 5) is 7.84. The molecule has 1 aromatic heterocycles. The minimum absolute atomic E-state index is 0.0903. The highest BCUT2D eigenvalue weighted by Crippen LogP contribution is 2.20. The summed E-state index contributed by atoms with van der Waals surface area (Å²) in [6.45, 7) is -2.83. The molecule has 19 heavy (non-hydrogen) atoms. The van der Waals surface area contributed by atoms with Crippen LogP contribution in [0.2, 0.25) is 0 Å². The number of nitrogens with zero attached hydrogens (tertiary/aromatic N) is 2. The van der Waals surface area contributed by atoms with E-state index in [0.29, 0.717) is 17.3 Å². The molecular weight excluding hydrogens is 256 g/mol. The second-order valence-electron chi connectivity index (χ2n) is 3.46. The van der Waals surface area contributed by atoms with E-state index in [0.717, 1.165) is 0 Å². The Morgan fingerprint density at radius 3 is 2.42 bits per heavy atom. The lowest BCUT2D eigenvalue weighted by atomic mass is 10.3. The first-order valence-electron chi connectivity index (χ1n) is 5.28. The molecule has 0 unspecified atom stereocenters. The molecule has 0 amide bonds. The van der Waals surface area contributed by atoms with Crippen molar-refractivity contribution in [3.63, 3.8) is 0 Å². The summed E-state index contributed by atoms with van der Waals surface area (Å²) >= 11 is 0. The van der Waals surface area contributed by atoms with Gasteiger partial charge in [-0.05, 0) is 24.3 Å². The summed E-state index contributed by atoms with van der Waals surface area (Å²) in [7, 11) is 0. The van der Waals surface area contributed by atoms with E-state index in [-0.39, 0.29) is 5.75 Å². The van der Waals surface area contributed by atoms with Crippen LogP contribution in [-0.2, 0) is 0 Å². The van der Waals surface area contributed by atoms with Crippen LogP contribution in [0.4, 0.5) is 26.1 Å². The molecule has 6 nitrogen and oxygen atoms in total. The zero-order chi connectivity index (χ0) is 13.7. The predicted octanol–water partition coefficient (Wildman–Crippen LogP) is 2.11. The maximum atomic E-state index is 12.0. The Kier molecular flexibility index (Phi) is 4.04. The van der Waals surface area contributed by atoms with Gasteiger partial charge in [-0.1, -0.05) is 0 Å². The normalized spacial score (nSPS) is 10.3. The van der Waals surface area contributed by atoms with Gasteiger partial charge in [0.05, 0.1) is 0 Å². The van der Waals surface area contributed by atoms with E-state index >= 15 is 0 Å². The van der Waals surface area contributed by atoms with Crippen LogP contribution in [0.5, 0.6) is 5.75 Å². The Bertz CT molecular complexity index is 535. The number of ether oxygens (including phenoxy) is 1. The number of alkyl halides is 2. The smallest absolute Gasteiger partial charge is 0.387 e. The molecule has 2 aromatic rings. The lowest BCUT2D eigenvalue weighted by molar-refractivity contribution is -0.0498. The molecule has 8 heteroatoms. The fraction of sp³-hybridized carbons (Fsp3) is 0.0909. The van der Waals surface area contributed by atoms with Crippen molar-refractivity contribution in [1.82, 2.24) is 9.97 Å². The number of nitrogens with two attached hydrogens (primary N) is 1. The number of benzene rings is 1. The standard InChI is InChI=1S/C11H11F2N5O/c12-11(13)19-8-3-1-7(2-4-8)17-9-5-10(18-14)16-6-15-9/h1-6,11H,14H2,(H2,15,16,17,18). The number of aromatic nitrogens is 2. The number of anilines is 3. The molecule has 0 fully saturated rings. The third kappa shape index (κ3) is 3.75. The lowest BCUT2D eigenvalue weighted by Crippen LogP contribution is -2.09.